The molecule has 1 N–H and O–H groups in total. The topological polar surface area (TPSA) is 43.4 Å². The average Bonchev–Trinajstić information content (AvgIpc) is 2.60. The number of pyridine rings is 1. The molecule has 0 spiro atoms. The Bertz CT molecular complexity index is 829. The highest BCUT2D eigenvalue weighted by Crippen LogP contribution is 2.28. The van der Waals surface area contributed by atoms with Gasteiger partial charge < -0.3 is 14.8 Å². The Kier molecular flexibility index (Phi) is 4.85. The summed E-state index contributed by atoms with van der Waals surface area (Å²) in [6.07, 6.45) is 0. The van der Waals surface area contributed by atoms with Gasteiger partial charge in [-0.25, -0.2) is 0 Å². The van der Waals surface area contributed by atoms with E-state index in [1.54, 1.807) is 7.11 Å². The van der Waals surface area contributed by atoms with Gasteiger partial charge in [-0.15, -0.1) is 0 Å². The third-order valence-electron chi connectivity index (χ3n) is 3.86. The van der Waals surface area contributed by atoms with Crippen LogP contribution in [-0.4, -0.2) is 18.7 Å². The molecule has 2 aromatic carbocycles. The molecule has 1 heterocycles. The largest absolute Gasteiger partial charge is 0.497 e. The van der Waals surface area contributed by atoms with Crippen molar-refractivity contribution in [2.24, 2.45) is 0 Å². The number of aryl methyl sites for hydroxylation is 1. The monoisotopic (exact) mass is 322 g/mol. The second-order valence-corrected chi connectivity index (χ2v) is 5.62. The molecule has 0 unspecified atom stereocenters. The molecule has 0 fully saturated rings. The summed E-state index contributed by atoms with van der Waals surface area (Å²) in [7, 11) is 1.68. The summed E-state index contributed by atoms with van der Waals surface area (Å²) in [5.41, 5.74) is 4.22. The van der Waals surface area contributed by atoms with Gasteiger partial charge in [0.2, 0.25) is 0 Å². The zero-order valence-electron chi connectivity index (χ0n) is 14.3. The van der Waals surface area contributed by atoms with Crippen molar-refractivity contribution in [2.45, 2.75) is 20.4 Å². The minimum absolute atomic E-state index is 0.652. The van der Waals surface area contributed by atoms with Crippen LogP contribution in [0.1, 0.15) is 18.2 Å². The van der Waals surface area contributed by atoms with E-state index in [0.29, 0.717) is 6.61 Å². The zero-order chi connectivity index (χ0) is 16.9. The molecule has 24 heavy (non-hydrogen) atoms. The van der Waals surface area contributed by atoms with Gasteiger partial charge in [0.1, 0.15) is 11.5 Å². The number of nitrogens with one attached hydrogen (secondary N) is 1. The first-order chi connectivity index (χ1) is 11.7. The number of hydrogen-bond donors (Lipinski definition) is 1. The van der Waals surface area contributed by atoms with E-state index < -0.39 is 0 Å². The van der Waals surface area contributed by atoms with E-state index in [-0.39, 0.29) is 0 Å². The fourth-order valence-electron chi connectivity index (χ4n) is 2.68. The highest BCUT2D eigenvalue weighted by atomic mass is 16.5. The normalized spacial score (nSPS) is 10.6. The first-order valence-electron chi connectivity index (χ1n) is 8.10. The summed E-state index contributed by atoms with van der Waals surface area (Å²) in [5, 5.41) is 4.58. The summed E-state index contributed by atoms with van der Waals surface area (Å²) in [6.45, 7) is 5.38. The van der Waals surface area contributed by atoms with Crippen LogP contribution in [0.3, 0.4) is 0 Å². The Morgan fingerprint density at radius 1 is 1.00 bits per heavy atom. The van der Waals surface area contributed by atoms with Crippen molar-refractivity contribution >= 4 is 16.6 Å². The maximum Gasteiger partial charge on any atom is 0.120 e. The number of rotatable bonds is 6. The summed E-state index contributed by atoms with van der Waals surface area (Å²) in [5.74, 6) is 1.73. The minimum atomic E-state index is 0.652. The van der Waals surface area contributed by atoms with Crippen LogP contribution in [0, 0.1) is 6.92 Å². The summed E-state index contributed by atoms with van der Waals surface area (Å²) in [4.78, 5) is 4.60. The molecule has 0 atom stereocenters. The highest BCUT2D eigenvalue weighted by molar-refractivity contribution is 5.92. The van der Waals surface area contributed by atoms with Crippen molar-refractivity contribution in [2.75, 3.05) is 19.0 Å². The number of methoxy groups -OCH3 is 1. The smallest absolute Gasteiger partial charge is 0.120 e. The predicted octanol–water partition coefficient (Wildman–Crippen LogP) is 4.56. The lowest BCUT2D eigenvalue weighted by Gasteiger charge is -2.12. The van der Waals surface area contributed by atoms with Gasteiger partial charge in [-0.2, -0.15) is 0 Å². The van der Waals surface area contributed by atoms with Crippen molar-refractivity contribution in [3.63, 3.8) is 0 Å². The fourth-order valence-corrected chi connectivity index (χ4v) is 2.68. The number of aromatic nitrogens is 1. The van der Waals surface area contributed by atoms with E-state index in [9.17, 15) is 0 Å². The second kappa shape index (κ2) is 7.21. The Hall–Kier alpha value is -2.75. The van der Waals surface area contributed by atoms with Gasteiger partial charge in [-0.1, -0.05) is 12.1 Å². The molecule has 0 aliphatic rings. The molecule has 0 aliphatic heterocycles. The molecule has 4 heteroatoms. The third-order valence-corrected chi connectivity index (χ3v) is 3.86. The van der Waals surface area contributed by atoms with Gasteiger partial charge in [-0.05, 0) is 55.8 Å². The molecular weight excluding hydrogens is 300 g/mol. The number of hydrogen-bond acceptors (Lipinski definition) is 4. The number of anilines is 1. The fraction of sp³-hybridized carbons (Fsp3) is 0.250. The molecule has 3 aromatic rings. The van der Waals surface area contributed by atoms with Gasteiger partial charge in [0.25, 0.3) is 0 Å². The standard InChI is InChI=1S/C20H22N2O2/c1-4-24-17-9-10-19-18(12-17)20(11-14(2)22-19)21-13-15-5-7-16(23-3)8-6-15/h5-12H,4,13H2,1-3H3,(H,21,22). The lowest BCUT2D eigenvalue weighted by atomic mass is 10.1. The molecule has 0 radical (unpaired) electrons. The molecule has 4 nitrogen and oxygen atoms in total. The van der Waals surface area contributed by atoms with Crippen LogP contribution >= 0.6 is 0 Å². The summed E-state index contributed by atoms with van der Waals surface area (Å²) in [6, 6.07) is 16.2. The van der Waals surface area contributed by atoms with Crippen molar-refractivity contribution in [3.05, 3.63) is 59.8 Å². The third kappa shape index (κ3) is 3.59. The summed E-state index contributed by atoms with van der Waals surface area (Å²) >= 11 is 0. The molecule has 1 aromatic heterocycles. The quantitative estimate of drug-likeness (QED) is 0.722. The van der Waals surface area contributed by atoms with Gasteiger partial charge in [0.15, 0.2) is 0 Å². The molecule has 0 amide bonds. The second-order valence-electron chi connectivity index (χ2n) is 5.62. The Morgan fingerprint density at radius 2 is 1.75 bits per heavy atom. The minimum Gasteiger partial charge on any atom is -0.497 e. The van der Waals surface area contributed by atoms with E-state index in [1.165, 1.54) is 5.56 Å². The number of fused-ring (bicyclic) bond motifs is 1. The van der Waals surface area contributed by atoms with Gasteiger partial charge in [0, 0.05) is 23.3 Å². The first-order valence-corrected chi connectivity index (χ1v) is 8.10. The molecule has 0 aliphatic carbocycles. The van der Waals surface area contributed by atoms with Gasteiger partial charge in [-0.3, -0.25) is 4.98 Å². The van der Waals surface area contributed by atoms with Crippen molar-refractivity contribution in [1.29, 1.82) is 0 Å². The van der Waals surface area contributed by atoms with Crippen LogP contribution in [0.4, 0.5) is 5.69 Å². The number of nitrogens with zero attached hydrogens (tertiary/aromatic N) is 1. The first kappa shape index (κ1) is 16.1. The Labute approximate surface area is 142 Å². The van der Waals surface area contributed by atoms with E-state index >= 15 is 0 Å². The number of ether oxygens (including phenoxy) is 2. The molecular formula is C20H22N2O2. The van der Waals surface area contributed by atoms with Gasteiger partial charge >= 0.3 is 0 Å². The number of benzene rings is 2. The molecule has 124 valence electrons. The van der Waals surface area contributed by atoms with Crippen LogP contribution in [-0.2, 0) is 6.54 Å². The van der Waals surface area contributed by atoms with Crippen LogP contribution < -0.4 is 14.8 Å². The van der Waals surface area contributed by atoms with Crippen LogP contribution in [0.15, 0.2) is 48.5 Å². The van der Waals surface area contributed by atoms with E-state index in [2.05, 4.69) is 28.5 Å². The van der Waals surface area contributed by atoms with Crippen molar-refractivity contribution in [1.82, 2.24) is 4.98 Å². The predicted molar refractivity (Wildman–Crippen MR) is 98.0 cm³/mol. The van der Waals surface area contributed by atoms with Crippen molar-refractivity contribution < 1.29 is 9.47 Å². The zero-order valence-corrected chi connectivity index (χ0v) is 14.3. The van der Waals surface area contributed by atoms with Crippen LogP contribution in [0.5, 0.6) is 11.5 Å². The van der Waals surface area contributed by atoms with Crippen LogP contribution in [0.25, 0.3) is 10.9 Å². The summed E-state index contributed by atoms with van der Waals surface area (Å²) < 4.78 is 10.8. The lowest BCUT2D eigenvalue weighted by molar-refractivity contribution is 0.340. The SMILES string of the molecule is CCOc1ccc2nc(C)cc(NCc3ccc(OC)cc3)c2c1. The van der Waals surface area contributed by atoms with E-state index in [4.69, 9.17) is 9.47 Å². The highest BCUT2D eigenvalue weighted by Gasteiger charge is 2.06. The molecule has 3 rings (SSSR count). The van der Waals surface area contributed by atoms with E-state index in [1.807, 2.05) is 44.2 Å². The average molecular weight is 322 g/mol. The van der Waals surface area contributed by atoms with Gasteiger partial charge in [0.05, 0.1) is 19.2 Å². The molecule has 0 saturated heterocycles. The molecule has 0 saturated carbocycles. The van der Waals surface area contributed by atoms with E-state index in [0.717, 1.165) is 40.3 Å². The maximum atomic E-state index is 5.62. The Morgan fingerprint density at radius 3 is 2.46 bits per heavy atom. The maximum absolute atomic E-state index is 5.62. The molecule has 0 bridgehead atoms. The lowest BCUT2D eigenvalue weighted by Crippen LogP contribution is -2.02. The van der Waals surface area contributed by atoms with Crippen molar-refractivity contribution in [3.8, 4) is 11.5 Å². The van der Waals surface area contributed by atoms with Crippen LogP contribution in [0.2, 0.25) is 0 Å². The Balaban J connectivity index is 1.87.